The summed E-state index contributed by atoms with van der Waals surface area (Å²) in [4.78, 5) is 21.5. The topological polar surface area (TPSA) is 25.9 Å². The van der Waals surface area contributed by atoms with Crippen LogP contribution < -0.4 is 0 Å². The van der Waals surface area contributed by atoms with Gasteiger partial charge in [-0.3, -0.25) is 9.80 Å². The molecule has 0 aromatic heterocycles. The van der Waals surface area contributed by atoms with Gasteiger partial charge >= 0.3 is 33.0 Å². The molecule has 4 saturated heterocycles. The Balaban J connectivity index is 0.00000264. The number of benzene rings is 1. The first-order chi connectivity index (χ1) is 20.6. The van der Waals surface area contributed by atoms with Crippen molar-refractivity contribution in [2.75, 3.05) is 145 Å². The molecule has 44 heavy (non-hydrogen) atoms. The van der Waals surface area contributed by atoms with Gasteiger partial charge in [0.1, 0.15) is 0 Å². The van der Waals surface area contributed by atoms with Crippen LogP contribution in [0.4, 0.5) is 0 Å². The van der Waals surface area contributed by atoms with Crippen LogP contribution in [0.5, 0.6) is 0 Å². The fraction of sp³-hybridized carbons (Fsp3) is 0.824. The molecule has 4 unspecified atom stereocenters. The van der Waals surface area contributed by atoms with Gasteiger partial charge in [0.25, 0.3) is 0 Å². The van der Waals surface area contributed by atoms with Crippen molar-refractivity contribution in [3.63, 3.8) is 0 Å². The maximum atomic E-state index is 2.74. The Kier molecular flexibility index (Phi) is 18.3. The van der Waals surface area contributed by atoms with Gasteiger partial charge in [-0.1, -0.05) is 24.3 Å². The second kappa shape index (κ2) is 21.0. The molecule has 4 heterocycles. The van der Waals surface area contributed by atoms with E-state index in [1.807, 2.05) is 0 Å². The van der Waals surface area contributed by atoms with E-state index in [2.05, 4.69) is 77.6 Å². The molecule has 4 aliphatic rings. The van der Waals surface area contributed by atoms with Gasteiger partial charge in [0.15, 0.2) is 0 Å². The van der Waals surface area contributed by atoms with E-state index in [0.29, 0.717) is 0 Å². The second-order valence-electron chi connectivity index (χ2n) is 13.8. The van der Waals surface area contributed by atoms with Crippen molar-refractivity contribution in [1.82, 2.24) is 39.2 Å². The first-order valence-electron chi connectivity index (χ1n) is 17.4. The van der Waals surface area contributed by atoms with Crippen LogP contribution in [0.2, 0.25) is 0 Å². The van der Waals surface area contributed by atoms with E-state index >= 15 is 0 Å². The van der Waals surface area contributed by atoms with Gasteiger partial charge in [0.2, 0.25) is 0 Å². The van der Waals surface area contributed by atoms with Crippen molar-refractivity contribution in [2.45, 2.75) is 38.8 Å². The minimum atomic E-state index is 0. The van der Waals surface area contributed by atoms with Crippen LogP contribution in [0.3, 0.4) is 0 Å². The third kappa shape index (κ3) is 13.6. The summed E-state index contributed by atoms with van der Waals surface area (Å²) in [5, 5.41) is 0. The van der Waals surface area contributed by atoms with E-state index in [0.717, 1.165) is 13.1 Å². The maximum absolute atomic E-state index is 2.74. The molecule has 0 amide bonds. The molecule has 4 aliphatic heterocycles. The average Bonchev–Trinajstić information content (AvgIpc) is 2.99. The van der Waals surface area contributed by atoms with Crippen molar-refractivity contribution in [3.8, 4) is 0 Å². The predicted molar refractivity (Wildman–Crippen MR) is 176 cm³/mol. The van der Waals surface area contributed by atoms with Crippen LogP contribution in [-0.4, -0.2) is 184 Å². The third-order valence-electron chi connectivity index (χ3n) is 10.3. The van der Waals surface area contributed by atoms with Gasteiger partial charge in [-0.05, 0) is 103 Å². The molecule has 254 valence electrons. The minimum absolute atomic E-state index is 0. The van der Waals surface area contributed by atoms with Crippen molar-refractivity contribution in [3.05, 3.63) is 35.4 Å². The normalized spacial score (nSPS) is 30.0. The van der Waals surface area contributed by atoms with Crippen molar-refractivity contribution in [1.29, 1.82) is 0 Å². The monoisotopic (exact) mass is 698 g/mol. The van der Waals surface area contributed by atoms with Crippen LogP contribution in [0.15, 0.2) is 24.3 Å². The summed E-state index contributed by atoms with van der Waals surface area (Å²) in [6, 6.07) is 9.59. The van der Waals surface area contributed by atoms with E-state index < -0.39 is 0 Å². The summed E-state index contributed by atoms with van der Waals surface area (Å²) in [6.07, 6.45) is 5.15. The summed E-state index contributed by atoms with van der Waals surface area (Å²) < 4.78 is 0. The molecule has 0 N–H and O–H groups in total. The van der Waals surface area contributed by atoms with Crippen molar-refractivity contribution < 1.29 is 33.0 Å². The summed E-state index contributed by atoms with van der Waals surface area (Å²) in [7, 11) is 4.60. The van der Waals surface area contributed by atoms with Gasteiger partial charge in [-0.25, -0.2) is 0 Å². The fourth-order valence-electron chi connectivity index (χ4n) is 7.37. The summed E-state index contributed by atoms with van der Waals surface area (Å²) in [6.45, 7) is 26.6. The van der Waals surface area contributed by atoms with E-state index in [1.54, 1.807) is 0 Å². The number of nitrogens with zero attached hydrogens (tertiary/aromatic N) is 8. The molecule has 0 saturated carbocycles. The standard InChI is InChI=1S/C34H62N8.2Ni/c1-35-10-4-12-39-24-22-37(20-18-35)14-6-16-41(28-26-39)31-33-8-3-9-34(30-33)32-42-17-7-15-38-21-19-36(2)11-5-13-40(25-23-38)27-29-42;;/h3,8-9,30H,4-7,10-29,31-32H2,1-2H3;;/q;2*+2. The molecule has 4 atom stereocenters. The molecule has 5 rings (SSSR count). The molecular formula is C34H62N8Ni2+4. The number of rotatable bonds is 4. The van der Waals surface area contributed by atoms with Gasteiger partial charge in [-0.2, -0.15) is 0 Å². The number of likely N-dealkylation sites (N-methyl/N-ethyl adjacent to an activating group) is 2. The summed E-state index contributed by atoms with van der Waals surface area (Å²) >= 11 is 0. The average molecular weight is 700 g/mol. The van der Waals surface area contributed by atoms with Gasteiger partial charge in [-0.15, -0.1) is 0 Å². The summed E-state index contributed by atoms with van der Waals surface area (Å²) in [5.74, 6) is 0. The summed E-state index contributed by atoms with van der Waals surface area (Å²) in [5.41, 5.74) is 2.99. The van der Waals surface area contributed by atoms with Crippen molar-refractivity contribution >= 4 is 0 Å². The SMILES string of the molecule is CN1CCCN2CCN(CCCN(Cc3cccc(CN4CCCN5CCN(C)CCCN(CC5)CC4)c3)CC2)CC1.[Ni+2].[Ni+2]. The smallest absolute Gasteiger partial charge is 0.305 e. The Morgan fingerprint density at radius 2 is 0.750 bits per heavy atom. The van der Waals surface area contributed by atoms with Crippen LogP contribution in [-0.2, 0) is 46.1 Å². The second-order valence-corrected chi connectivity index (χ2v) is 13.8. The molecule has 10 heteroatoms. The molecule has 0 radical (unpaired) electrons. The van der Waals surface area contributed by atoms with Gasteiger partial charge in [0.05, 0.1) is 0 Å². The Hall–Kier alpha value is -0.113. The molecule has 4 bridgehead atoms. The molecule has 0 spiro atoms. The molecule has 0 aliphatic carbocycles. The molecule has 1 aromatic carbocycles. The zero-order valence-corrected chi connectivity index (χ0v) is 29.9. The molecule has 8 nitrogen and oxygen atoms in total. The van der Waals surface area contributed by atoms with E-state index in [9.17, 15) is 0 Å². The largest absolute Gasteiger partial charge is 2.00 e. The predicted octanol–water partition coefficient (Wildman–Crippen LogP) is 1.97. The Morgan fingerprint density at radius 3 is 1.16 bits per heavy atom. The Labute approximate surface area is 290 Å². The Morgan fingerprint density at radius 1 is 0.409 bits per heavy atom. The number of fused-ring (bicyclic) bond motifs is 6. The van der Waals surface area contributed by atoms with Crippen molar-refractivity contribution in [2.24, 2.45) is 0 Å². The van der Waals surface area contributed by atoms with Crippen LogP contribution in [0, 0.1) is 0 Å². The maximum Gasteiger partial charge on any atom is 2.00 e. The van der Waals surface area contributed by atoms with Crippen LogP contribution in [0.25, 0.3) is 0 Å². The zero-order valence-electron chi connectivity index (χ0n) is 27.9. The quantitative estimate of drug-likeness (QED) is 0.441. The number of hydrogen-bond donors (Lipinski definition) is 0. The zero-order chi connectivity index (χ0) is 29.0. The third-order valence-corrected chi connectivity index (χ3v) is 10.3. The van der Waals surface area contributed by atoms with Gasteiger partial charge < -0.3 is 29.4 Å². The van der Waals surface area contributed by atoms with E-state index in [-0.39, 0.29) is 33.0 Å². The van der Waals surface area contributed by atoms with Crippen LogP contribution >= 0.6 is 0 Å². The van der Waals surface area contributed by atoms with E-state index in [1.165, 1.54) is 168 Å². The minimum Gasteiger partial charge on any atom is -0.305 e. The molecular weight excluding hydrogens is 638 g/mol. The first-order valence-corrected chi connectivity index (χ1v) is 17.4. The first kappa shape index (κ1) is 38.3. The fourth-order valence-corrected chi connectivity index (χ4v) is 7.37. The van der Waals surface area contributed by atoms with Crippen LogP contribution in [0.1, 0.15) is 36.8 Å². The van der Waals surface area contributed by atoms with E-state index in [4.69, 9.17) is 0 Å². The number of hydrogen-bond acceptors (Lipinski definition) is 8. The molecule has 1 aromatic rings. The molecule has 4 fully saturated rings. The Bertz CT molecular complexity index is 843. The van der Waals surface area contributed by atoms with Gasteiger partial charge in [0, 0.05) is 91.6 Å².